The molecule has 1 aliphatic rings. The van der Waals surface area contributed by atoms with E-state index in [4.69, 9.17) is 26.4 Å². The first-order valence-corrected chi connectivity index (χ1v) is 12.3. The van der Waals surface area contributed by atoms with Crippen molar-refractivity contribution in [3.63, 3.8) is 0 Å². The third kappa shape index (κ3) is 7.13. The van der Waals surface area contributed by atoms with E-state index in [9.17, 15) is 20.1 Å². The van der Waals surface area contributed by atoms with Crippen molar-refractivity contribution in [2.24, 2.45) is 0 Å². The summed E-state index contributed by atoms with van der Waals surface area (Å²) in [6.07, 6.45) is -11.0. The molecule has 0 radical (unpaired) electrons. The summed E-state index contributed by atoms with van der Waals surface area (Å²) in [5.41, 5.74) is 0.904. The second kappa shape index (κ2) is 12.6. The van der Waals surface area contributed by atoms with Crippen molar-refractivity contribution in [2.45, 2.75) is 90.8 Å². The Kier molecular flexibility index (Phi) is 8.77. The van der Waals surface area contributed by atoms with Crippen molar-refractivity contribution in [3.8, 4) is 11.6 Å². The molecule has 0 aliphatic carbocycles. The van der Waals surface area contributed by atoms with Gasteiger partial charge in [0.25, 0.3) is 0 Å². The van der Waals surface area contributed by atoms with Gasteiger partial charge in [0.05, 0.1) is 12.7 Å². The number of benzene rings is 1. The normalized spacial score (nSPS) is 25.0. The summed E-state index contributed by atoms with van der Waals surface area (Å²) in [6, 6.07) is 6.42. The van der Waals surface area contributed by atoms with Crippen LogP contribution in [0.25, 0.3) is 0 Å². The third-order valence-electron chi connectivity index (χ3n) is 5.63. The van der Waals surface area contributed by atoms with E-state index in [1.54, 1.807) is 42.8 Å². The number of aliphatic hydroxyl groups is 3. The Hall–Kier alpha value is -2.86. The van der Waals surface area contributed by atoms with Crippen LogP contribution in [0, 0.1) is 6.92 Å². The summed E-state index contributed by atoms with van der Waals surface area (Å²) in [4.78, 5) is 11.6. The fraction of sp³-hybridized carbons (Fsp3) is 0.615. The minimum Gasteiger partial charge on any atom is -0.491 e. The Balaban J connectivity index is 1.93. The number of carbonyl (C=O) groups is 1. The van der Waals surface area contributed by atoms with Crippen molar-refractivity contribution < 1.29 is 46.5 Å². The number of hydrogen-bond acceptors (Lipinski definition) is 10. The molecule has 5 atom stereocenters. The highest BCUT2D eigenvalue weighted by Crippen LogP contribution is 2.31. The lowest BCUT2D eigenvalue weighted by Gasteiger charge is -2.39. The van der Waals surface area contributed by atoms with E-state index >= 15 is 0 Å². The zero-order valence-electron chi connectivity index (χ0n) is 24.0. The van der Waals surface area contributed by atoms with E-state index in [1.807, 2.05) is 27.7 Å². The van der Waals surface area contributed by atoms with Crippen molar-refractivity contribution in [1.82, 2.24) is 9.78 Å². The molecular weight excluding hydrogens is 484 g/mol. The first kappa shape index (κ1) is 25.8. The molecule has 0 unspecified atom stereocenters. The third-order valence-corrected chi connectivity index (χ3v) is 5.63. The van der Waals surface area contributed by atoms with Crippen LogP contribution in [0.4, 0.5) is 4.79 Å². The number of ether oxygens (including phenoxy) is 5. The molecule has 206 valence electrons. The van der Waals surface area contributed by atoms with E-state index in [0.717, 1.165) is 0 Å². The molecule has 1 aromatic heterocycles. The predicted molar refractivity (Wildman–Crippen MR) is 133 cm³/mol. The number of carbonyl (C=O) groups excluding carboxylic acids is 1. The number of nitrogens with zero attached hydrogens (tertiary/aromatic N) is 2. The van der Waals surface area contributed by atoms with Crippen LogP contribution < -0.4 is 9.47 Å². The number of hydrogen-bond donors (Lipinski definition) is 3. The SMILES string of the molecule is [2H]C([2H])(c1ccc(OC(C)C)cc1)c1c(O[C@@H]2O[C@H](COC(=O)OCC)[C@@H](O)[C@H](O)[C@H]2O)nn(C(C)C)c1C. The Morgan fingerprint density at radius 3 is 2.38 bits per heavy atom. The molecule has 3 rings (SSSR count). The van der Waals surface area contributed by atoms with E-state index in [0.29, 0.717) is 17.0 Å². The van der Waals surface area contributed by atoms with Crippen LogP contribution in [0.1, 0.15) is 60.2 Å². The van der Waals surface area contributed by atoms with E-state index in [1.165, 1.54) is 0 Å². The van der Waals surface area contributed by atoms with Gasteiger partial charge in [-0.2, -0.15) is 0 Å². The maximum atomic E-state index is 11.6. The number of aromatic nitrogens is 2. The molecule has 2 aromatic rings. The lowest BCUT2D eigenvalue weighted by atomic mass is 9.99. The Labute approximate surface area is 219 Å². The molecule has 0 spiro atoms. The maximum Gasteiger partial charge on any atom is 0.508 e. The van der Waals surface area contributed by atoms with Crippen molar-refractivity contribution >= 4 is 6.16 Å². The second-order valence-corrected chi connectivity index (χ2v) is 9.25. The Morgan fingerprint density at radius 2 is 1.78 bits per heavy atom. The van der Waals surface area contributed by atoms with Crippen LogP contribution in [-0.4, -0.2) is 81.3 Å². The Morgan fingerprint density at radius 1 is 1.11 bits per heavy atom. The summed E-state index contributed by atoms with van der Waals surface area (Å²) in [7, 11) is 0. The van der Waals surface area contributed by atoms with Gasteiger partial charge in [-0.1, -0.05) is 12.1 Å². The lowest BCUT2D eigenvalue weighted by Crippen LogP contribution is -2.60. The first-order valence-electron chi connectivity index (χ1n) is 13.3. The zero-order chi connectivity index (χ0) is 29.1. The smallest absolute Gasteiger partial charge is 0.491 e. The van der Waals surface area contributed by atoms with E-state index in [-0.39, 0.29) is 30.2 Å². The minimum absolute atomic E-state index is 0.0403. The summed E-state index contributed by atoms with van der Waals surface area (Å²) < 4.78 is 46.4. The van der Waals surface area contributed by atoms with Gasteiger partial charge < -0.3 is 39.0 Å². The van der Waals surface area contributed by atoms with Crippen molar-refractivity contribution in [3.05, 3.63) is 41.1 Å². The van der Waals surface area contributed by atoms with E-state index < -0.39 is 49.8 Å². The highest BCUT2D eigenvalue weighted by atomic mass is 16.7. The van der Waals surface area contributed by atoms with Gasteiger partial charge in [-0.25, -0.2) is 4.79 Å². The van der Waals surface area contributed by atoms with Crippen LogP contribution >= 0.6 is 0 Å². The molecule has 11 heteroatoms. The lowest BCUT2D eigenvalue weighted by molar-refractivity contribution is -0.278. The molecule has 0 bridgehead atoms. The Bertz CT molecular complexity index is 1110. The highest BCUT2D eigenvalue weighted by Gasteiger charge is 2.46. The molecule has 1 fully saturated rings. The highest BCUT2D eigenvalue weighted by molar-refractivity contribution is 5.59. The predicted octanol–water partition coefficient (Wildman–Crippen LogP) is 2.51. The quantitative estimate of drug-likeness (QED) is 0.397. The van der Waals surface area contributed by atoms with Gasteiger partial charge in [-0.05, 0) is 59.2 Å². The summed E-state index contributed by atoms with van der Waals surface area (Å²) >= 11 is 0. The van der Waals surface area contributed by atoms with Gasteiger partial charge in [0, 0.05) is 26.4 Å². The number of aliphatic hydroxyl groups excluding tert-OH is 3. The molecule has 11 nitrogen and oxygen atoms in total. The van der Waals surface area contributed by atoms with Gasteiger partial charge in [0.15, 0.2) is 0 Å². The summed E-state index contributed by atoms with van der Waals surface area (Å²) in [5, 5.41) is 35.8. The maximum absolute atomic E-state index is 11.6. The molecule has 1 aliphatic heterocycles. The summed E-state index contributed by atoms with van der Waals surface area (Å²) in [6.45, 7) is 10.4. The van der Waals surface area contributed by atoms with Crippen LogP contribution in [0.2, 0.25) is 0 Å². The van der Waals surface area contributed by atoms with E-state index in [2.05, 4.69) is 5.10 Å². The molecule has 37 heavy (non-hydrogen) atoms. The van der Waals surface area contributed by atoms with Crippen molar-refractivity contribution in [2.75, 3.05) is 13.2 Å². The first-order chi connectivity index (χ1) is 18.3. The fourth-order valence-corrected chi connectivity index (χ4v) is 3.83. The van der Waals surface area contributed by atoms with Gasteiger partial charge in [0.2, 0.25) is 12.2 Å². The zero-order valence-corrected chi connectivity index (χ0v) is 22.0. The molecule has 0 saturated carbocycles. The molecule has 2 heterocycles. The van der Waals surface area contributed by atoms with Gasteiger partial charge in [-0.3, -0.25) is 4.68 Å². The largest absolute Gasteiger partial charge is 0.508 e. The average molecular weight is 525 g/mol. The van der Waals surface area contributed by atoms with Crippen molar-refractivity contribution in [1.29, 1.82) is 0 Å². The molecule has 3 N–H and O–H groups in total. The standard InChI is InChI=1S/C26H38N2O9/c1-7-33-26(32)34-13-20-21(29)22(30)23(31)25(36-20)37-24-19(16(6)28(27-24)14(2)3)12-17-8-10-18(11-9-17)35-15(4)5/h8-11,14-15,20-23,25,29-31H,7,12-13H2,1-6H3/t20-,21-,22+,23-,25+/m1/s1/i12D2. The number of rotatable bonds is 10. The molecular formula is C26H38N2O9. The van der Waals surface area contributed by atoms with Gasteiger partial charge >= 0.3 is 6.16 Å². The topological polar surface area (TPSA) is 142 Å². The van der Waals surface area contributed by atoms with Crippen LogP contribution in [0.5, 0.6) is 11.6 Å². The average Bonchev–Trinajstić information content (AvgIpc) is 3.20. The molecule has 1 saturated heterocycles. The second-order valence-electron chi connectivity index (χ2n) is 9.25. The summed E-state index contributed by atoms with van der Waals surface area (Å²) in [5.74, 6) is 0.435. The molecule has 1 aromatic carbocycles. The van der Waals surface area contributed by atoms with Crippen LogP contribution in [0.3, 0.4) is 0 Å². The van der Waals surface area contributed by atoms with Gasteiger partial charge in [0.1, 0.15) is 36.8 Å². The minimum atomic E-state index is -2.09. The molecule has 0 amide bonds. The fourth-order valence-electron chi connectivity index (χ4n) is 3.83. The van der Waals surface area contributed by atoms with Gasteiger partial charge in [-0.15, -0.1) is 5.10 Å². The monoisotopic (exact) mass is 524 g/mol. The van der Waals surface area contributed by atoms with Crippen LogP contribution in [-0.2, 0) is 20.6 Å². The van der Waals surface area contributed by atoms with Crippen LogP contribution in [0.15, 0.2) is 24.3 Å².